The number of nitrogens with zero attached hydrogens (tertiary/aromatic N) is 1. The van der Waals surface area contributed by atoms with Crippen molar-refractivity contribution in [2.24, 2.45) is 0 Å². The highest BCUT2D eigenvalue weighted by atomic mass is 35.5. The fraction of sp³-hybridized carbons (Fsp3) is 0.538. The average molecular weight is 226 g/mol. The van der Waals surface area contributed by atoms with Gasteiger partial charge in [-0.05, 0) is 42.8 Å². The Labute approximate surface area is 98.0 Å². The van der Waals surface area contributed by atoms with Gasteiger partial charge in [0.1, 0.15) is 0 Å². The van der Waals surface area contributed by atoms with E-state index in [2.05, 4.69) is 51.9 Å². The van der Waals surface area contributed by atoms with E-state index < -0.39 is 0 Å². The Bertz CT molecular complexity index is 337. The third-order valence-electron chi connectivity index (χ3n) is 2.37. The lowest BCUT2D eigenvalue weighted by atomic mass is 9.83. The molecule has 1 rings (SSSR count). The topological polar surface area (TPSA) is 3.24 Å². The van der Waals surface area contributed by atoms with E-state index in [1.54, 1.807) is 0 Å². The standard InChI is InChI=1S/C13H20ClN/c1-13(2,3)12-8-11(14)7-6-10(12)9-15(4)5/h6-8H,9H2,1-5H3. The number of rotatable bonds is 2. The van der Waals surface area contributed by atoms with E-state index in [0.29, 0.717) is 0 Å². The Hall–Kier alpha value is -0.530. The summed E-state index contributed by atoms with van der Waals surface area (Å²) in [6, 6.07) is 6.18. The van der Waals surface area contributed by atoms with E-state index in [-0.39, 0.29) is 5.41 Å². The third-order valence-corrected chi connectivity index (χ3v) is 2.60. The molecule has 2 heteroatoms. The molecule has 0 aromatic heterocycles. The molecular formula is C13H20ClN. The van der Waals surface area contributed by atoms with Crippen molar-refractivity contribution in [1.82, 2.24) is 4.90 Å². The minimum absolute atomic E-state index is 0.149. The smallest absolute Gasteiger partial charge is 0.0409 e. The maximum absolute atomic E-state index is 6.05. The summed E-state index contributed by atoms with van der Waals surface area (Å²) in [4.78, 5) is 2.18. The molecule has 84 valence electrons. The second-order valence-corrected chi connectivity index (χ2v) is 5.73. The van der Waals surface area contributed by atoms with Crippen molar-refractivity contribution in [2.45, 2.75) is 32.7 Å². The third kappa shape index (κ3) is 3.51. The molecule has 0 heterocycles. The van der Waals surface area contributed by atoms with E-state index in [0.717, 1.165) is 11.6 Å². The molecule has 15 heavy (non-hydrogen) atoms. The van der Waals surface area contributed by atoms with Gasteiger partial charge in [-0.3, -0.25) is 0 Å². The molecule has 0 bridgehead atoms. The minimum Gasteiger partial charge on any atom is -0.305 e. The van der Waals surface area contributed by atoms with E-state index in [1.807, 2.05) is 6.07 Å². The first-order valence-corrected chi connectivity index (χ1v) is 5.62. The Kier molecular flexibility index (Phi) is 3.80. The van der Waals surface area contributed by atoms with Gasteiger partial charge in [0, 0.05) is 11.6 Å². The van der Waals surface area contributed by atoms with Crippen LogP contribution in [0, 0.1) is 0 Å². The van der Waals surface area contributed by atoms with Crippen molar-refractivity contribution in [3.05, 3.63) is 34.3 Å². The van der Waals surface area contributed by atoms with Crippen molar-refractivity contribution in [3.63, 3.8) is 0 Å². The highest BCUT2D eigenvalue weighted by Crippen LogP contribution is 2.29. The Morgan fingerprint density at radius 2 is 1.80 bits per heavy atom. The minimum atomic E-state index is 0.149. The van der Waals surface area contributed by atoms with Gasteiger partial charge in [-0.15, -0.1) is 0 Å². The number of hydrogen-bond acceptors (Lipinski definition) is 1. The molecular weight excluding hydrogens is 206 g/mol. The van der Waals surface area contributed by atoms with E-state index >= 15 is 0 Å². The zero-order valence-electron chi connectivity index (χ0n) is 10.3. The summed E-state index contributed by atoms with van der Waals surface area (Å²) in [5, 5.41) is 0.822. The van der Waals surface area contributed by atoms with E-state index in [4.69, 9.17) is 11.6 Å². The fourth-order valence-corrected chi connectivity index (χ4v) is 1.90. The van der Waals surface area contributed by atoms with Crippen molar-refractivity contribution in [1.29, 1.82) is 0 Å². The molecule has 0 aliphatic heterocycles. The molecule has 1 aromatic rings. The molecule has 0 aliphatic rings. The first kappa shape index (κ1) is 12.5. The van der Waals surface area contributed by atoms with Crippen LogP contribution in [0.25, 0.3) is 0 Å². The highest BCUT2D eigenvalue weighted by Gasteiger charge is 2.18. The van der Waals surface area contributed by atoms with Gasteiger partial charge in [0.25, 0.3) is 0 Å². The van der Waals surface area contributed by atoms with Gasteiger partial charge >= 0.3 is 0 Å². The summed E-state index contributed by atoms with van der Waals surface area (Å²) in [6.07, 6.45) is 0. The Balaban J connectivity index is 3.15. The monoisotopic (exact) mass is 225 g/mol. The number of halogens is 1. The lowest BCUT2D eigenvalue weighted by Crippen LogP contribution is -2.18. The van der Waals surface area contributed by atoms with Gasteiger partial charge in [-0.25, -0.2) is 0 Å². The first-order chi connectivity index (χ1) is 6.80. The summed E-state index contributed by atoms with van der Waals surface area (Å²) in [5.41, 5.74) is 2.84. The molecule has 0 unspecified atom stereocenters. The van der Waals surface area contributed by atoms with E-state index in [1.165, 1.54) is 11.1 Å². The van der Waals surface area contributed by atoms with Gasteiger partial charge in [0.15, 0.2) is 0 Å². The molecule has 0 N–H and O–H groups in total. The van der Waals surface area contributed by atoms with Crippen molar-refractivity contribution in [2.75, 3.05) is 14.1 Å². The molecule has 0 radical (unpaired) electrons. The van der Waals surface area contributed by atoms with Gasteiger partial charge in [-0.1, -0.05) is 38.4 Å². The van der Waals surface area contributed by atoms with Crippen LogP contribution in [0.5, 0.6) is 0 Å². The van der Waals surface area contributed by atoms with Gasteiger partial charge in [0.2, 0.25) is 0 Å². The van der Waals surface area contributed by atoms with Crippen molar-refractivity contribution < 1.29 is 0 Å². The average Bonchev–Trinajstić information content (AvgIpc) is 2.05. The predicted molar refractivity (Wildman–Crippen MR) is 67.5 cm³/mol. The molecule has 0 amide bonds. The lowest BCUT2D eigenvalue weighted by Gasteiger charge is -2.24. The van der Waals surface area contributed by atoms with Gasteiger partial charge in [-0.2, -0.15) is 0 Å². The molecule has 0 aliphatic carbocycles. The Morgan fingerprint density at radius 3 is 2.27 bits per heavy atom. The normalized spacial score (nSPS) is 12.2. The maximum atomic E-state index is 6.05. The molecule has 0 saturated carbocycles. The lowest BCUT2D eigenvalue weighted by molar-refractivity contribution is 0.397. The Morgan fingerprint density at radius 1 is 1.20 bits per heavy atom. The summed E-state index contributed by atoms with van der Waals surface area (Å²) >= 11 is 6.05. The number of benzene rings is 1. The fourth-order valence-electron chi connectivity index (χ4n) is 1.73. The van der Waals surface area contributed by atoms with Gasteiger partial charge < -0.3 is 4.90 Å². The molecule has 0 fully saturated rings. The molecule has 0 atom stereocenters. The largest absolute Gasteiger partial charge is 0.305 e. The van der Waals surface area contributed by atoms with Crippen LogP contribution in [-0.4, -0.2) is 19.0 Å². The summed E-state index contributed by atoms with van der Waals surface area (Å²) in [6.45, 7) is 7.62. The first-order valence-electron chi connectivity index (χ1n) is 5.24. The highest BCUT2D eigenvalue weighted by molar-refractivity contribution is 6.30. The molecule has 1 nitrogen and oxygen atoms in total. The summed E-state index contributed by atoms with van der Waals surface area (Å²) in [7, 11) is 4.17. The SMILES string of the molecule is CN(C)Cc1ccc(Cl)cc1C(C)(C)C. The predicted octanol–water partition coefficient (Wildman–Crippen LogP) is 3.70. The quantitative estimate of drug-likeness (QED) is 0.742. The zero-order valence-corrected chi connectivity index (χ0v) is 11.0. The molecule has 0 saturated heterocycles. The zero-order chi connectivity index (χ0) is 11.6. The maximum Gasteiger partial charge on any atom is 0.0409 e. The van der Waals surface area contributed by atoms with Crippen LogP contribution in [-0.2, 0) is 12.0 Å². The second-order valence-electron chi connectivity index (χ2n) is 5.29. The van der Waals surface area contributed by atoms with Crippen LogP contribution in [0.1, 0.15) is 31.9 Å². The molecule has 0 spiro atoms. The summed E-state index contributed by atoms with van der Waals surface area (Å²) < 4.78 is 0. The second kappa shape index (κ2) is 4.54. The summed E-state index contributed by atoms with van der Waals surface area (Å²) in [5.74, 6) is 0. The van der Waals surface area contributed by atoms with Crippen LogP contribution < -0.4 is 0 Å². The van der Waals surface area contributed by atoms with Crippen LogP contribution in [0.2, 0.25) is 5.02 Å². The van der Waals surface area contributed by atoms with Gasteiger partial charge in [0.05, 0.1) is 0 Å². The van der Waals surface area contributed by atoms with E-state index in [9.17, 15) is 0 Å². The van der Waals surface area contributed by atoms with Crippen molar-refractivity contribution >= 4 is 11.6 Å². The molecule has 1 aromatic carbocycles. The number of hydrogen-bond donors (Lipinski definition) is 0. The van der Waals surface area contributed by atoms with Crippen LogP contribution in [0.4, 0.5) is 0 Å². The van der Waals surface area contributed by atoms with Crippen LogP contribution >= 0.6 is 11.6 Å². The van der Waals surface area contributed by atoms with Crippen LogP contribution in [0.15, 0.2) is 18.2 Å². The van der Waals surface area contributed by atoms with Crippen LogP contribution in [0.3, 0.4) is 0 Å². The van der Waals surface area contributed by atoms with Crippen molar-refractivity contribution in [3.8, 4) is 0 Å².